The molecule has 1 N–H and O–H groups in total. The van der Waals surface area contributed by atoms with Gasteiger partial charge in [0.2, 0.25) is 0 Å². The topological polar surface area (TPSA) is 72.7 Å². The molecule has 0 unspecified atom stereocenters. The fourth-order valence-electron chi connectivity index (χ4n) is 4.16. The van der Waals surface area contributed by atoms with E-state index in [2.05, 4.69) is 10.3 Å². The summed E-state index contributed by atoms with van der Waals surface area (Å²) in [6, 6.07) is 25.7. The minimum Gasteiger partial charge on any atom is -0.497 e. The molecule has 3 aromatic carbocycles. The standard InChI is InChI=1S/C28H23N3O3S/c1-18-24(26(32)30-21-13-7-4-8-14-21)25(20-12-9-15-22(17-20)34-2)31-27(33)23(35-28(31)29-18)16-19-10-5-3-6-11-19/h3-17,25H,1-2H3,(H,30,32)/b23-16-/t25-/m0/s1. The third-order valence-corrected chi connectivity index (χ3v) is 6.79. The molecule has 0 bridgehead atoms. The zero-order valence-corrected chi connectivity index (χ0v) is 20.1. The van der Waals surface area contributed by atoms with E-state index in [0.717, 1.165) is 11.1 Å². The Balaban J connectivity index is 1.69. The summed E-state index contributed by atoms with van der Waals surface area (Å²) in [5.74, 6) is 0.342. The van der Waals surface area contributed by atoms with E-state index in [9.17, 15) is 9.59 Å². The van der Waals surface area contributed by atoms with Crippen LogP contribution in [0.2, 0.25) is 0 Å². The fourth-order valence-corrected chi connectivity index (χ4v) is 5.21. The van der Waals surface area contributed by atoms with Crippen molar-refractivity contribution in [2.75, 3.05) is 12.4 Å². The Morgan fingerprint density at radius 2 is 1.74 bits per heavy atom. The van der Waals surface area contributed by atoms with Gasteiger partial charge in [-0.25, -0.2) is 4.99 Å². The largest absolute Gasteiger partial charge is 0.497 e. The van der Waals surface area contributed by atoms with Gasteiger partial charge in [-0.2, -0.15) is 0 Å². The van der Waals surface area contributed by atoms with Crippen LogP contribution in [0.5, 0.6) is 5.75 Å². The van der Waals surface area contributed by atoms with Crippen LogP contribution < -0.4 is 24.9 Å². The normalized spacial score (nSPS) is 15.4. The van der Waals surface area contributed by atoms with Crippen LogP contribution in [-0.2, 0) is 4.79 Å². The first-order valence-corrected chi connectivity index (χ1v) is 11.9. The second-order valence-electron chi connectivity index (χ2n) is 8.09. The molecule has 2 heterocycles. The lowest BCUT2D eigenvalue weighted by Gasteiger charge is -2.25. The summed E-state index contributed by atoms with van der Waals surface area (Å²) in [6.45, 7) is 1.81. The van der Waals surface area contributed by atoms with Gasteiger partial charge in [-0.3, -0.25) is 14.2 Å². The van der Waals surface area contributed by atoms with Gasteiger partial charge in [-0.15, -0.1) is 0 Å². The van der Waals surface area contributed by atoms with Gasteiger partial charge in [-0.05, 0) is 48.4 Å². The van der Waals surface area contributed by atoms with Crippen molar-refractivity contribution < 1.29 is 9.53 Å². The SMILES string of the molecule is COc1cccc([C@H]2C(C(=O)Nc3ccccc3)=C(C)N=c3s/c(=C\c4ccccc4)c(=O)n32)c1. The zero-order chi connectivity index (χ0) is 24.4. The summed E-state index contributed by atoms with van der Waals surface area (Å²) in [5, 5.41) is 2.96. The van der Waals surface area contributed by atoms with Gasteiger partial charge in [0.15, 0.2) is 4.80 Å². The van der Waals surface area contributed by atoms with E-state index in [4.69, 9.17) is 4.74 Å². The van der Waals surface area contributed by atoms with Crippen molar-refractivity contribution in [1.82, 2.24) is 4.57 Å². The number of rotatable bonds is 5. The monoisotopic (exact) mass is 481 g/mol. The number of para-hydroxylation sites is 1. The molecule has 0 radical (unpaired) electrons. The second kappa shape index (κ2) is 9.56. The Morgan fingerprint density at radius 3 is 2.46 bits per heavy atom. The lowest BCUT2D eigenvalue weighted by Crippen LogP contribution is -2.40. The van der Waals surface area contributed by atoms with Crippen molar-refractivity contribution in [2.45, 2.75) is 13.0 Å². The number of benzene rings is 3. The first kappa shape index (κ1) is 22.6. The van der Waals surface area contributed by atoms with Crippen molar-refractivity contribution in [1.29, 1.82) is 0 Å². The van der Waals surface area contributed by atoms with Crippen LogP contribution in [0.25, 0.3) is 6.08 Å². The van der Waals surface area contributed by atoms with Crippen molar-refractivity contribution in [3.8, 4) is 5.75 Å². The van der Waals surface area contributed by atoms with Crippen molar-refractivity contribution >= 4 is 29.0 Å². The summed E-state index contributed by atoms with van der Waals surface area (Å²) >= 11 is 1.32. The van der Waals surface area contributed by atoms with E-state index in [1.54, 1.807) is 18.6 Å². The van der Waals surface area contributed by atoms with Crippen LogP contribution in [0.1, 0.15) is 24.1 Å². The smallest absolute Gasteiger partial charge is 0.271 e. The number of carbonyl (C=O) groups is 1. The molecule has 7 heteroatoms. The maximum atomic E-state index is 13.7. The minimum atomic E-state index is -0.650. The first-order chi connectivity index (χ1) is 17.0. The molecular formula is C28H23N3O3S. The Bertz CT molecular complexity index is 1600. The first-order valence-electron chi connectivity index (χ1n) is 11.1. The molecule has 0 aliphatic carbocycles. The molecule has 0 saturated carbocycles. The number of fused-ring (bicyclic) bond motifs is 1. The van der Waals surface area contributed by atoms with E-state index in [-0.39, 0.29) is 11.5 Å². The lowest BCUT2D eigenvalue weighted by molar-refractivity contribution is -0.113. The second-order valence-corrected chi connectivity index (χ2v) is 9.10. The maximum Gasteiger partial charge on any atom is 0.271 e. The van der Waals surface area contributed by atoms with Gasteiger partial charge in [-0.1, -0.05) is 72.0 Å². The number of allylic oxidation sites excluding steroid dienone is 1. The number of hydrogen-bond acceptors (Lipinski definition) is 5. The number of nitrogens with zero attached hydrogens (tertiary/aromatic N) is 2. The van der Waals surface area contributed by atoms with Crippen LogP contribution >= 0.6 is 11.3 Å². The molecule has 1 aliphatic rings. The number of hydrogen-bond donors (Lipinski definition) is 1. The van der Waals surface area contributed by atoms with Crippen molar-refractivity contribution in [3.05, 3.63) is 127 Å². The van der Waals surface area contributed by atoms with Gasteiger partial charge in [0.1, 0.15) is 5.75 Å². The third-order valence-electron chi connectivity index (χ3n) is 5.80. The molecular weight excluding hydrogens is 458 g/mol. The molecule has 0 fully saturated rings. The van der Waals surface area contributed by atoms with E-state index in [0.29, 0.717) is 32.0 Å². The highest BCUT2D eigenvalue weighted by Gasteiger charge is 2.32. The van der Waals surface area contributed by atoms with Crippen LogP contribution in [0.15, 0.2) is 106 Å². The quantitative estimate of drug-likeness (QED) is 0.470. The minimum absolute atomic E-state index is 0.192. The van der Waals surface area contributed by atoms with Crippen LogP contribution in [0.3, 0.4) is 0 Å². The van der Waals surface area contributed by atoms with Crippen LogP contribution in [0.4, 0.5) is 5.69 Å². The number of aromatic nitrogens is 1. The predicted octanol–water partition coefficient (Wildman–Crippen LogP) is 3.88. The molecule has 35 heavy (non-hydrogen) atoms. The third kappa shape index (κ3) is 4.46. The summed E-state index contributed by atoms with van der Waals surface area (Å²) in [4.78, 5) is 32.5. The molecule has 0 spiro atoms. The Labute approximate surface area is 206 Å². The predicted molar refractivity (Wildman–Crippen MR) is 138 cm³/mol. The van der Waals surface area contributed by atoms with E-state index in [1.807, 2.05) is 91.0 Å². The van der Waals surface area contributed by atoms with Crippen LogP contribution in [-0.4, -0.2) is 17.6 Å². The van der Waals surface area contributed by atoms with E-state index in [1.165, 1.54) is 11.3 Å². The molecule has 4 aromatic rings. The molecule has 6 nitrogen and oxygen atoms in total. The van der Waals surface area contributed by atoms with Crippen molar-refractivity contribution in [2.24, 2.45) is 4.99 Å². The number of amides is 1. The highest BCUT2D eigenvalue weighted by Crippen LogP contribution is 2.32. The summed E-state index contributed by atoms with van der Waals surface area (Å²) in [6.07, 6.45) is 1.86. The molecule has 174 valence electrons. The number of anilines is 1. The van der Waals surface area contributed by atoms with Gasteiger partial charge < -0.3 is 10.1 Å². The zero-order valence-electron chi connectivity index (χ0n) is 19.3. The van der Waals surface area contributed by atoms with Crippen molar-refractivity contribution in [3.63, 3.8) is 0 Å². The highest BCUT2D eigenvalue weighted by atomic mass is 32.1. The maximum absolute atomic E-state index is 13.7. The fraction of sp³-hybridized carbons (Fsp3) is 0.107. The number of nitrogens with one attached hydrogen (secondary N) is 1. The molecule has 1 atom stereocenters. The molecule has 1 aliphatic heterocycles. The molecule has 0 saturated heterocycles. The van der Waals surface area contributed by atoms with Gasteiger partial charge in [0, 0.05) is 5.69 Å². The Morgan fingerprint density at radius 1 is 1.03 bits per heavy atom. The Hall–Kier alpha value is -4.23. The molecule has 1 aromatic heterocycles. The number of thiazole rings is 1. The lowest BCUT2D eigenvalue weighted by atomic mass is 9.95. The summed E-state index contributed by atoms with van der Waals surface area (Å²) < 4.78 is 7.60. The van der Waals surface area contributed by atoms with Gasteiger partial charge in [0.25, 0.3) is 11.5 Å². The summed E-state index contributed by atoms with van der Waals surface area (Å²) in [5.41, 5.74) is 3.16. The molecule has 5 rings (SSSR count). The summed E-state index contributed by atoms with van der Waals surface area (Å²) in [7, 11) is 1.59. The average Bonchev–Trinajstić information content (AvgIpc) is 3.18. The highest BCUT2D eigenvalue weighted by molar-refractivity contribution is 7.07. The van der Waals surface area contributed by atoms with Gasteiger partial charge >= 0.3 is 0 Å². The van der Waals surface area contributed by atoms with Crippen LogP contribution in [0, 0.1) is 0 Å². The Kier molecular flexibility index (Phi) is 6.16. The van der Waals surface area contributed by atoms with E-state index >= 15 is 0 Å². The van der Waals surface area contributed by atoms with E-state index < -0.39 is 6.04 Å². The average molecular weight is 482 g/mol. The number of carbonyl (C=O) groups excluding carboxylic acids is 1. The number of ether oxygens (including phenoxy) is 1. The van der Waals surface area contributed by atoms with Gasteiger partial charge in [0.05, 0.1) is 29.0 Å². The number of methoxy groups -OCH3 is 1. The molecule has 1 amide bonds.